The summed E-state index contributed by atoms with van der Waals surface area (Å²) in [7, 11) is 1.61. The number of amides is 1. The van der Waals surface area contributed by atoms with E-state index in [2.05, 4.69) is 20.2 Å². The van der Waals surface area contributed by atoms with Gasteiger partial charge in [-0.15, -0.1) is 0 Å². The van der Waals surface area contributed by atoms with Crippen molar-refractivity contribution in [3.63, 3.8) is 0 Å². The summed E-state index contributed by atoms with van der Waals surface area (Å²) < 4.78 is 11.2. The molecule has 7 heteroatoms. The number of benzene rings is 1. The second-order valence-electron chi connectivity index (χ2n) is 5.97. The van der Waals surface area contributed by atoms with Crippen molar-refractivity contribution >= 4 is 5.91 Å². The molecule has 1 amide bonds. The van der Waals surface area contributed by atoms with Crippen LogP contribution in [0.1, 0.15) is 11.3 Å². The third kappa shape index (κ3) is 4.74. The first kappa shape index (κ1) is 17.3. The van der Waals surface area contributed by atoms with Crippen molar-refractivity contribution < 1.29 is 14.3 Å². The van der Waals surface area contributed by atoms with E-state index in [1.165, 1.54) is 5.56 Å². The largest absolute Gasteiger partial charge is 0.438 e. The smallest absolute Gasteiger partial charge is 0.250 e. The summed E-state index contributed by atoms with van der Waals surface area (Å²) >= 11 is 0. The number of ether oxygens (including phenoxy) is 2. The molecule has 0 bridgehead atoms. The van der Waals surface area contributed by atoms with Crippen LogP contribution in [0.5, 0.6) is 11.6 Å². The number of likely N-dealkylation sites (N-methyl/N-ethyl adjacent to an activating group) is 1. The van der Waals surface area contributed by atoms with Gasteiger partial charge in [-0.1, -0.05) is 17.7 Å². The van der Waals surface area contributed by atoms with E-state index in [9.17, 15) is 4.79 Å². The van der Waals surface area contributed by atoms with Gasteiger partial charge in [0.1, 0.15) is 11.9 Å². The molecule has 3 rings (SSSR count). The Bertz CT molecular complexity index is 703. The number of rotatable bonds is 5. The Morgan fingerprint density at radius 3 is 2.80 bits per heavy atom. The Hall–Kier alpha value is -2.51. The number of aromatic nitrogens is 2. The Balaban J connectivity index is 1.57. The van der Waals surface area contributed by atoms with Gasteiger partial charge in [0.05, 0.1) is 24.7 Å². The molecule has 25 heavy (non-hydrogen) atoms. The topological polar surface area (TPSA) is 76.6 Å². The van der Waals surface area contributed by atoms with Crippen LogP contribution >= 0.6 is 0 Å². The lowest BCUT2D eigenvalue weighted by atomic mass is 10.2. The summed E-state index contributed by atoms with van der Waals surface area (Å²) in [6.45, 7) is 4.48. The average Bonchev–Trinajstić information content (AvgIpc) is 2.65. The van der Waals surface area contributed by atoms with Crippen LogP contribution in [0.15, 0.2) is 36.7 Å². The van der Waals surface area contributed by atoms with Gasteiger partial charge in [0.15, 0.2) is 0 Å². The number of carbonyl (C=O) groups excluding carboxylic acids is 1. The van der Waals surface area contributed by atoms with E-state index in [1.807, 2.05) is 31.2 Å². The third-order valence-corrected chi connectivity index (χ3v) is 4.00. The second kappa shape index (κ2) is 8.04. The summed E-state index contributed by atoms with van der Waals surface area (Å²) in [5, 5.41) is 2.62. The lowest BCUT2D eigenvalue weighted by molar-refractivity contribution is -0.138. The lowest BCUT2D eigenvalue weighted by Crippen LogP contribution is -2.48. The Kier molecular flexibility index (Phi) is 5.57. The highest BCUT2D eigenvalue weighted by Gasteiger charge is 2.26. The number of hydrogen-bond acceptors (Lipinski definition) is 6. The van der Waals surface area contributed by atoms with Crippen LogP contribution < -0.4 is 10.1 Å². The van der Waals surface area contributed by atoms with Gasteiger partial charge in [0.25, 0.3) is 0 Å². The zero-order valence-electron chi connectivity index (χ0n) is 14.4. The molecule has 0 radical (unpaired) electrons. The monoisotopic (exact) mass is 342 g/mol. The highest BCUT2D eigenvalue weighted by molar-refractivity contribution is 5.80. The number of morpholine rings is 1. The minimum Gasteiger partial charge on any atom is -0.438 e. The molecule has 1 atom stereocenters. The van der Waals surface area contributed by atoms with Gasteiger partial charge in [0.2, 0.25) is 11.8 Å². The molecular weight excluding hydrogens is 320 g/mol. The molecule has 132 valence electrons. The Morgan fingerprint density at radius 1 is 1.32 bits per heavy atom. The van der Waals surface area contributed by atoms with E-state index in [4.69, 9.17) is 9.47 Å². The van der Waals surface area contributed by atoms with Crippen LogP contribution in [0.4, 0.5) is 0 Å². The van der Waals surface area contributed by atoms with Gasteiger partial charge in [-0.2, -0.15) is 0 Å². The van der Waals surface area contributed by atoms with Gasteiger partial charge in [0, 0.05) is 26.7 Å². The Labute approximate surface area is 147 Å². The van der Waals surface area contributed by atoms with E-state index in [-0.39, 0.29) is 5.91 Å². The van der Waals surface area contributed by atoms with E-state index in [1.54, 1.807) is 19.4 Å². The minimum atomic E-state index is -0.434. The van der Waals surface area contributed by atoms with Crippen molar-refractivity contribution in [2.45, 2.75) is 19.6 Å². The van der Waals surface area contributed by atoms with Crippen LogP contribution in [-0.4, -0.2) is 53.6 Å². The van der Waals surface area contributed by atoms with Crippen molar-refractivity contribution in [2.24, 2.45) is 0 Å². The normalized spacial score (nSPS) is 17.9. The number of nitrogens with one attached hydrogen (secondary N) is 1. The van der Waals surface area contributed by atoms with Gasteiger partial charge < -0.3 is 14.8 Å². The molecule has 1 N–H and O–H groups in total. The molecule has 1 unspecified atom stereocenters. The van der Waals surface area contributed by atoms with E-state index in [0.717, 1.165) is 18.0 Å². The highest BCUT2D eigenvalue weighted by atomic mass is 16.5. The summed E-state index contributed by atoms with van der Waals surface area (Å²) in [5.41, 5.74) is 2.00. The van der Waals surface area contributed by atoms with Crippen LogP contribution in [0.3, 0.4) is 0 Å². The minimum absolute atomic E-state index is 0.0994. The molecule has 1 saturated heterocycles. The molecule has 0 saturated carbocycles. The van der Waals surface area contributed by atoms with Gasteiger partial charge in [-0.3, -0.25) is 14.7 Å². The van der Waals surface area contributed by atoms with E-state index < -0.39 is 6.10 Å². The molecule has 2 aromatic rings. The zero-order chi connectivity index (χ0) is 17.6. The van der Waals surface area contributed by atoms with E-state index >= 15 is 0 Å². The van der Waals surface area contributed by atoms with Crippen LogP contribution in [0.2, 0.25) is 0 Å². The number of nitrogens with zero attached hydrogens (tertiary/aromatic N) is 3. The Morgan fingerprint density at radius 2 is 2.12 bits per heavy atom. The van der Waals surface area contributed by atoms with Gasteiger partial charge in [-0.05, 0) is 19.1 Å². The van der Waals surface area contributed by atoms with Crippen molar-refractivity contribution in [3.05, 3.63) is 47.9 Å². The molecule has 0 spiro atoms. The SMILES string of the molecule is CNC(=O)C1CN(Cc2cnc(Oc3ccc(C)cc3)cn2)CCO1. The van der Waals surface area contributed by atoms with Crippen LogP contribution in [0.25, 0.3) is 0 Å². The van der Waals surface area contributed by atoms with E-state index in [0.29, 0.717) is 25.6 Å². The lowest BCUT2D eigenvalue weighted by Gasteiger charge is -2.31. The van der Waals surface area contributed by atoms with Crippen LogP contribution in [0, 0.1) is 6.92 Å². The molecule has 1 aliphatic rings. The predicted octanol–water partition coefficient (Wildman–Crippen LogP) is 1.52. The van der Waals surface area contributed by atoms with Gasteiger partial charge in [-0.25, -0.2) is 4.98 Å². The molecule has 7 nitrogen and oxygen atoms in total. The van der Waals surface area contributed by atoms with Crippen molar-refractivity contribution in [2.75, 3.05) is 26.7 Å². The molecule has 0 aliphatic carbocycles. The average molecular weight is 342 g/mol. The second-order valence-corrected chi connectivity index (χ2v) is 5.97. The van der Waals surface area contributed by atoms with Crippen molar-refractivity contribution in [1.82, 2.24) is 20.2 Å². The molecule has 1 aromatic carbocycles. The maximum atomic E-state index is 11.7. The van der Waals surface area contributed by atoms with Gasteiger partial charge >= 0.3 is 0 Å². The quantitative estimate of drug-likeness (QED) is 0.888. The number of hydrogen-bond donors (Lipinski definition) is 1. The highest BCUT2D eigenvalue weighted by Crippen LogP contribution is 2.19. The molecule has 1 fully saturated rings. The summed E-state index contributed by atoms with van der Waals surface area (Å²) in [6.07, 6.45) is 2.88. The zero-order valence-corrected chi connectivity index (χ0v) is 14.4. The fourth-order valence-electron chi connectivity index (χ4n) is 2.60. The third-order valence-electron chi connectivity index (χ3n) is 4.00. The van der Waals surface area contributed by atoms with Crippen LogP contribution in [-0.2, 0) is 16.1 Å². The molecule has 1 aliphatic heterocycles. The van der Waals surface area contributed by atoms with Crippen molar-refractivity contribution in [1.29, 1.82) is 0 Å². The number of carbonyl (C=O) groups is 1. The fraction of sp³-hybridized carbons (Fsp3) is 0.389. The maximum Gasteiger partial charge on any atom is 0.250 e. The summed E-state index contributed by atoms with van der Waals surface area (Å²) in [5.74, 6) is 1.09. The van der Waals surface area contributed by atoms with Crippen molar-refractivity contribution in [3.8, 4) is 11.6 Å². The first-order chi connectivity index (χ1) is 12.1. The molecular formula is C18H22N4O3. The molecule has 2 heterocycles. The summed E-state index contributed by atoms with van der Waals surface area (Å²) in [4.78, 5) is 22.5. The molecule has 1 aromatic heterocycles. The predicted molar refractivity (Wildman–Crippen MR) is 92.4 cm³/mol. The summed E-state index contributed by atoms with van der Waals surface area (Å²) in [6, 6.07) is 7.77. The first-order valence-electron chi connectivity index (χ1n) is 8.25. The standard InChI is InChI=1S/C18H22N4O3/c1-13-3-5-15(6-4-13)25-17-10-20-14(9-21-17)11-22-7-8-24-16(12-22)18(23)19-2/h3-6,9-10,16H,7-8,11-12H2,1-2H3,(H,19,23). The fourth-order valence-corrected chi connectivity index (χ4v) is 2.60. The number of aryl methyl sites for hydroxylation is 1. The maximum absolute atomic E-state index is 11.7. The first-order valence-corrected chi connectivity index (χ1v) is 8.25.